The highest BCUT2D eigenvalue weighted by atomic mass is 16.6. The molecule has 0 aromatic rings. The monoisotopic (exact) mass is 134 g/mol. The molecule has 3 heteroatoms. The minimum Gasteiger partial charge on any atom is -0.394 e. The van der Waals surface area contributed by atoms with Crippen LogP contribution in [0.1, 0.15) is 13.8 Å². The first kappa shape index (κ1) is 8.88. The fourth-order valence-electron chi connectivity index (χ4n) is 0.366. The maximum atomic E-state index is 8.92. The van der Waals surface area contributed by atoms with E-state index < -0.39 is 6.29 Å². The third-order valence-corrected chi connectivity index (χ3v) is 0.950. The summed E-state index contributed by atoms with van der Waals surface area (Å²) in [6, 6.07) is 0. The summed E-state index contributed by atoms with van der Waals surface area (Å²) in [4.78, 5) is 0. The zero-order valence-corrected chi connectivity index (χ0v) is 5.87. The molecule has 9 heavy (non-hydrogen) atoms. The highest BCUT2D eigenvalue weighted by molar-refractivity contribution is 4.45. The van der Waals surface area contributed by atoms with E-state index in [9.17, 15) is 0 Å². The Bertz CT molecular complexity index is 63.3. The van der Waals surface area contributed by atoms with E-state index >= 15 is 0 Å². The first-order valence-electron chi connectivity index (χ1n) is 3.09. The summed E-state index contributed by atoms with van der Waals surface area (Å²) in [5.74, 6) is 0.0940. The molecule has 0 rings (SSSR count). The minimum atomic E-state index is -0.739. The van der Waals surface area contributed by atoms with E-state index in [0.717, 1.165) is 0 Å². The molecule has 56 valence electrons. The summed E-state index contributed by atoms with van der Waals surface area (Å²) in [5.41, 5.74) is 0. The van der Waals surface area contributed by atoms with Gasteiger partial charge in [0.2, 0.25) is 0 Å². The Morgan fingerprint density at radius 3 is 2.33 bits per heavy atom. The van der Waals surface area contributed by atoms with Gasteiger partial charge in [-0.2, -0.15) is 0 Å². The summed E-state index contributed by atoms with van der Waals surface area (Å²) in [7, 11) is 0. The molecule has 0 amide bonds. The molecule has 0 heterocycles. The summed E-state index contributed by atoms with van der Waals surface area (Å²) >= 11 is 0. The van der Waals surface area contributed by atoms with Gasteiger partial charge in [0, 0.05) is 5.92 Å². The van der Waals surface area contributed by atoms with Gasteiger partial charge < -0.3 is 14.9 Å². The van der Waals surface area contributed by atoms with Crippen molar-refractivity contribution >= 4 is 0 Å². The fourth-order valence-corrected chi connectivity index (χ4v) is 0.366. The normalized spacial score (nSPS) is 14.3. The van der Waals surface area contributed by atoms with E-state index in [1.807, 2.05) is 13.8 Å². The molecule has 0 bridgehead atoms. The van der Waals surface area contributed by atoms with Gasteiger partial charge in [0.25, 0.3) is 0 Å². The van der Waals surface area contributed by atoms with Crippen LogP contribution in [0.3, 0.4) is 0 Å². The minimum absolute atomic E-state index is 0.0379. The molecule has 0 spiro atoms. The molecular weight excluding hydrogens is 120 g/mol. The van der Waals surface area contributed by atoms with Gasteiger partial charge in [-0.3, -0.25) is 0 Å². The highest BCUT2D eigenvalue weighted by Gasteiger charge is 2.07. The van der Waals surface area contributed by atoms with Crippen LogP contribution in [-0.2, 0) is 4.74 Å². The predicted molar refractivity (Wildman–Crippen MR) is 33.9 cm³/mol. The number of aliphatic hydroxyl groups excluding tert-OH is 2. The SMILES string of the molecule is CC(C)C(O)OCCO. The first-order valence-corrected chi connectivity index (χ1v) is 3.09. The lowest BCUT2D eigenvalue weighted by Crippen LogP contribution is -2.20. The molecule has 0 aliphatic carbocycles. The van der Waals surface area contributed by atoms with Crippen LogP contribution >= 0.6 is 0 Å². The zero-order chi connectivity index (χ0) is 7.28. The first-order chi connectivity index (χ1) is 4.18. The molecule has 0 saturated carbocycles. The molecule has 3 nitrogen and oxygen atoms in total. The van der Waals surface area contributed by atoms with Crippen molar-refractivity contribution in [1.29, 1.82) is 0 Å². The van der Waals surface area contributed by atoms with Crippen molar-refractivity contribution in [2.75, 3.05) is 13.2 Å². The summed E-state index contributed by atoms with van der Waals surface area (Å²) in [6.45, 7) is 3.87. The second kappa shape index (κ2) is 4.73. The molecule has 0 aromatic carbocycles. The van der Waals surface area contributed by atoms with Gasteiger partial charge in [0.05, 0.1) is 13.2 Å². The standard InChI is InChI=1S/C6H14O3/c1-5(2)6(8)9-4-3-7/h5-8H,3-4H2,1-2H3. The average Bonchev–Trinajstić information content (AvgIpc) is 1.82. The molecule has 2 N–H and O–H groups in total. The Morgan fingerprint density at radius 1 is 1.44 bits per heavy atom. The Balaban J connectivity index is 3.16. The van der Waals surface area contributed by atoms with Gasteiger partial charge in [-0.1, -0.05) is 13.8 Å². The third kappa shape index (κ3) is 4.39. The summed E-state index contributed by atoms with van der Waals surface area (Å²) < 4.78 is 4.76. The van der Waals surface area contributed by atoms with Crippen molar-refractivity contribution in [3.8, 4) is 0 Å². The third-order valence-electron chi connectivity index (χ3n) is 0.950. The predicted octanol–water partition coefficient (Wildman–Crippen LogP) is -0.0303. The lowest BCUT2D eigenvalue weighted by molar-refractivity contribution is -0.132. The topological polar surface area (TPSA) is 49.7 Å². The van der Waals surface area contributed by atoms with Gasteiger partial charge in [-0.15, -0.1) is 0 Å². The molecule has 1 unspecified atom stereocenters. The average molecular weight is 134 g/mol. The quantitative estimate of drug-likeness (QED) is 0.531. The van der Waals surface area contributed by atoms with E-state index in [4.69, 9.17) is 14.9 Å². The van der Waals surface area contributed by atoms with Crippen molar-refractivity contribution in [3.05, 3.63) is 0 Å². The second-order valence-corrected chi connectivity index (χ2v) is 2.23. The molecule has 0 saturated heterocycles. The molecular formula is C6H14O3. The Labute approximate surface area is 55.3 Å². The number of ether oxygens (including phenoxy) is 1. The Hall–Kier alpha value is -0.120. The van der Waals surface area contributed by atoms with E-state index in [1.54, 1.807) is 0 Å². The van der Waals surface area contributed by atoms with Crippen LogP contribution in [0.15, 0.2) is 0 Å². The van der Waals surface area contributed by atoms with Gasteiger partial charge >= 0.3 is 0 Å². The van der Waals surface area contributed by atoms with Crippen LogP contribution in [0.2, 0.25) is 0 Å². The molecule has 0 radical (unpaired) electrons. The van der Waals surface area contributed by atoms with Crippen molar-refractivity contribution in [2.24, 2.45) is 5.92 Å². The van der Waals surface area contributed by atoms with Crippen LogP contribution in [0.4, 0.5) is 0 Å². The number of hydrogen-bond donors (Lipinski definition) is 2. The van der Waals surface area contributed by atoms with Crippen LogP contribution in [-0.4, -0.2) is 29.7 Å². The van der Waals surface area contributed by atoms with Gasteiger partial charge in [0.15, 0.2) is 6.29 Å². The maximum absolute atomic E-state index is 8.92. The molecule has 0 fully saturated rings. The zero-order valence-electron chi connectivity index (χ0n) is 5.87. The second-order valence-electron chi connectivity index (χ2n) is 2.23. The molecule has 0 aromatic heterocycles. The van der Waals surface area contributed by atoms with Crippen LogP contribution in [0.5, 0.6) is 0 Å². The number of aliphatic hydroxyl groups is 2. The van der Waals surface area contributed by atoms with Crippen molar-refractivity contribution in [2.45, 2.75) is 20.1 Å². The largest absolute Gasteiger partial charge is 0.394 e. The molecule has 0 aliphatic heterocycles. The van der Waals surface area contributed by atoms with E-state index in [1.165, 1.54) is 0 Å². The smallest absolute Gasteiger partial charge is 0.156 e. The van der Waals surface area contributed by atoms with Crippen LogP contribution in [0.25, 0.3) is 0 Å². The number of hydrogen-bond acceptors (Lipinski definition) is 3. The van der Waals surface area contributed by atoms with E-state index in [2.05, 4.69) is 0 Å². The van der Waals surface area contributed by atoms with Crippen molar-refractivity contribution < 1.29 is 14.9 Å². The van der Waals surface area contributed by atoms with Gasteiger partial charge in [-0.05, 0) is 0 Å². The Morgan fingerprint density at radius 2 is 2.00 bits per heavy atom. The van der Waals surface area contributed by atoms with Gasteiger partial charge in [0.1, 0.15) is 0 Å². The van der Waals surface area contributed by atoms with Gasteiger partial charge in [-0.25, -0.2) is 0 Å². The summed E-state index contributed by atoms with van der Waals surface area (Å²) in [5, 5.41) is 17.2. The van der Waals surface area contributed by atoms with Crippen LogP contribution in [0, 0.1) is 5.92 Å². The Kier molecular flexibility index (Phi) is 4.67. The lowest BCUT2D eigenvalue weighted by atomic mass is 10.2. The fraction of sp³-hybridized carbons (Fsp3) is 1.00. The molecule has 0 aliphatic rings. The summed E-state index contributed by atoms with van der Waals surface area (Å²) in [6.07, 6.45) is -0.739. The van der Waals surface area contributed by atoms with E-state index in [0.29, 0.717) is 0 Å². The van der Waals surface area contributed by atoms with Crippen molar-refractivity contribution in [1.82, 2.24) is 0 Å². The van der Waals surface area contributed by atoms with Crippen molar-refractivity contribution in [3.63, 3.8) is 0 Å². The van der Waals surface area contributed by atoms with Crippen LogP contribution < -0.4 is 0 Å². The maximum Gasteiger partial charge on any atom is 0.156 e. The highest BCUT2D eigenvalue weighted by Crippen LogP contribution is 2.00. The number of rotatable bonds is 4. The molecule has 1 atom stereocenters. The lowest BCUT2D eigenvalue weighted by Gasteiger charge is -2.13. The van der Waals surface area contributed by atoms with E-state index in [-0.39, 0.29) is 19.1 Å².